The maximum Gasteiger partial charge on any atom is 0.180 e. The number of aromatic nitrogens is 4. The Kier molecular flexibility index (Phi) is 3.86. The molecule has 0 saturated carbocycles. The van der Waals surface area contributed by atoms with Crippen molar-refractivity contribution in [2.24, 2.45) is 0 Å². The smallest absolute Gasteiger partial charge is 0.180 e. The number of pyridine rings is 1. The molecule has 24 heavy (non-hydrogen) atoms. The number of fused-ring (bicyclic) bond motifs is 1. The van der Waals surface area contributed by atoms with Gasteiger partial charge in [-0.15, -0.1) is 0 Å². The lowest BCUT2D eigenvalue weighted by molar-refractivity contribution is 0.443. The Morgan fingerprint density at radius 2 is 2.21 bits per heavy atom. The zero-order valence-electron chi connectivity index (χ0n) is 13.5. The third kappa shape index (κ3) is 2.71. The third-order valence-corrected chi connectivity index (χ3v) is 4.52. The molecule has 0 bridgehead atoms. The summed E-state index contributed by atoms with van der Waals surface area (Å²) in [6.07, 6.45) is 7.13. The normalized spacial score (nSPS) is 18.0. The van der Waals surface area contributed by atoms with Gasteiger partial charge in [-0.3, -0.25) is 4.40 Å². The summed E-state index contributed by atoms with van der Waals surface area (Å²) in [5, 5.41) is 3.42. The number of anilines is 1. The van der Waals surface area contributed by atoms with Crippen molar-refractivity contribution in [3.63, 3.8) is 0 Å². The number of imidazole rings is 1. The SMILES string of the molecule is CN(c1ccnc(-c2cnc3ccc(F)cn23)n1)C1CCCNC1. The number of hydrogen-bond donors (Lipinski definition) is 1. The fourth-order valence-electron chi connectivity index (χ4n) is 3.14. The highest BCUT2D eigenvalue weighted by Gasteiger charge is 2.20. The molecular formula is C17H19FN6. The Balaban J connectivity index is 1.70. The van der Waals surface area contributed by atoms with Gasteiger partial charge in [-0.05, 0) is 37.6 Å². The van der Waals surface area contributed by atoms with Gasteiger partial charge in [0.1, 0.15) is 23.0 Å². The number of piperidine rings is 1. The van der Waals surface area contributed by atoms with Crippen LogP contribution in [0.2, 0.25) is 0 Å². The molecule has 7 heteroatoms. The van der Waals surface area contributed by atoms with Gasteiger partial charge in [0, 0.05) is 32.0 Å². The Morgan fingerprint density at radius 1 is 1.29 bits per heavy atom. The summed E-state index contributed by atoms with van der Waals surface area (Å²) in [6.45, 7) is 2.03. The maximum atomic E-state index is 13.6. The predicted molar refractivity (Wildman–Crippen MR) is 90.5 cm³/mol. The van der Waals surface area contributed by atoms with Crippen LogP contribution >= 0.6 is 0 Å². The first-order valence-electron chi connectivity index (χ1n) is 8.12. The van der Waals surface area contributed by atoms with E-state index in [1.807, 2.05) is 6.07 Å². The highest BCUT2D eigenvalue weighted by molar-refractivity contribution is 5.58. The molecule has 1 unspecified atom stereocenters. The molecule has 0 spiro atoms. The average molecular weight is 326 g/mol. The molecule has 3 aromatic rings. The first-order valence-corrected chi connectivity index (χ1v) is 8.12. The molecule has 0 amide bonds. The number of nitrogens with one attached hydrogen (secondary N) is 1. The maximum absolute atomic E-state index is 13.6. The molecule has 3 aromatic heterocycles. The van der Waals surface area contributed by atoms with Gasteiger partial charge >= 0.3 is 0 Å². The topological polar surface area (TPSA) is 58.4 Å². The van der Waals surface area contributed by atoms with Crippen LogP contribution < -0.4 is 10.2 Å². The Hall–Kier alpha value is -2.54. The molecule has 4 rings (SSSR count). The molecule has 0 radical (unpaired) electrons. The molecule has 1 aliphatic heterocycles. The van der Waals surface area contributed by atoms with E-state index in [0.29, 0.717) is 23.2 Å². The van der Waals surface area contributed by atoms with Crippen LogP contribution in [0.5, 0.6) is 0 Å². The van der Waals surface area contributed by atoms with E-state index in [1.54, 1.807) is 22.9 Å². The van der Waals surface area contributed by atoms with Crippen LogP contribution in [-0.2, 0) is 0 Å². The van der Waals surface area contributed by atoms with Crippen molar-refractivity contribution in [2.75, 3.05) is 25.0 Å². The highest BCUT2D eigenvalue weighted by atomic mass is 19.1. The molecule has 1 fully saturated rings. The van der Waals surface area contributed by atoms with E-state index < -0.39 is 0 Å². The van der Waals surface area contributed by atoms with E-state index in [0.717, 1.165) is 25.3 Å². The van der Waals surface area contributed by atoms with E-state index >= 15 is 0 Å². The van der Waals surface area contributed by atoms with E-state index in [-0.39, 0.29) is 5.82 Å². The molecule has 6 nitrogen and oxygen atoms in total. The van der Waals surface area contributed by atoms with Gasteiger partial charge in [0.15, 0.2) is 5.82 Å². The summed E-state index contributed by atoms with van der Waals surface area (Å²) in [5.41, 5.74) is 1.35. The molecule has 1 atom stereocenters. The van der Waals surface area contributed by atoms with Crippen molar-refractivity contribution >= 4 is 11.5 Å². The fourth-order valence-corrected chi connectivity index (χ4v) is 3.14. The van der Waals surface area contributed by atoms with Crippen LogP contribution in [0.25, 0.3) is 17.2 Å². The first-order chi connectivity index (χ1) is 11.7. The van der Waals surface area contributed by atoms with Crippen molar-refractivity contribution < 1.29 is 4.39 Å². The van der Waals surface area contributed by atoms with Gasteiger partial charge in [-0.1, -0.05) is 0 Å². The minimum absolute atomic E-state index is 0.316. The standard InChI is InChI=1S/C17H19FN6/c1-23(13-3-2-7-19-9-13)16-6-8-20-17(22-16)14-10-21-15-5-4-12(18)11-24(14)15/h4-6,8,10-11,13,19H,2-3,7,9H2,1H3. The number of rotatable bonds is 3. The summed E-state index contributed by atoms with van der Waals surface area (Å²) in [5.74, 6) is 1.09. The summed E-state index contributed by atoms with van der Waals surface area (Å²) in [6, 6.07) is 5.36. The van der Waals surface area contributed by atoms with Crippen LogP contribution in [0.1, 0.15) is 12.8 Å². The van der Waals surface area contributed by atoms with Crippen LogP contribution in [0.4, 0.5) is 10.2 Å². The lowest BCUT2D eigenvalue weighted by atomic mass is 10.1. The predicted octanol–water partition coefficient (Wildman–Crippen LogP) is 2.12. The van der Waals surface area contributed by atoms with Crippen molar-refractivity contribution in [1.82, 2.24) is 24.7 Å². The van der Waals surface area contributed by atoms with Crippen molar-refractivity contribution in [3.8, 4) is 11.5 Å². The quantitative estimate of drug-likeness (QED) is 0.799. The number of nitrogens with zero attached hydrogens (tertiary/aromatic N) is 5. The van der Waals surface area contributed by atoms with Crippen molar-refractivity contribution in [2.45, 2.75) is 18.9 Å². The molecule has 1 aliphatic rings. The highest BCUT2D eigenvalue weighted by Crippen LogP contribution is 2.22. The Labute approximate surface area is 139 Å². The van der Waals surface area contributed by atoms with Gasteiger partial charge in [0.2, 0.25) is 0 Å². The average Bonchev–Trinajstić information content (AvgIpc) is 3.05. The van der Waals surface area contributed by atoms with Crippen molar-refractivity contribution in [1.29, 1.82) is 0 Å². The number of hydrogen-bond acceptors (Lipinski definition) is 5. The second-order valence-corrected chi connectivity index (χ2v) is 6.07. The lowest BCUT2D eigenvalue weighted by Gasteiger charge is -2.32. The Morgan fingerprint density at radius 3 is 3.04 bits per heavy atom. The zero-order valence-corrected chi connectivity index (χ0v) is 13.5. The second-order valence-electron chi connectivity index (χ2n) is 6.07. The number of halogens is 1. The van der Waals surface area contributed by atoms with Crippen molar-refractivity contribution in [3.05, 3.63) is 42.6 Å². The molecule has 1 N–H and O–H groups in total. The van der Waals surface area contributed by atoms with E-state index in [9.17, 15) is 4.39 Å². The first kappa shape index (κ1) is 15.0. The van der Waals surface area contributed by atoms with Gasteiger partial charge in [0.05, 0.1) is 6.20 Å². The summed E-state index contributed by atoms with van der Waals surface area (Å²) >= 11 is 0. The molecule has 4 heterocycles. The number of likely N-dealkylation sites (N-methyl/N-ethyl adjacent to an activating group) is 1. The summed E-state index contributed by atoms with van der Waals surface area (Å²) in [7, 11) is 2.05. The largest absolute Gasteiger partial charge is 0.355 e. The lowest BCUT2D eigenvalue weighted by Crippen LogP contribution is -2.44. The van der Waals surface area contributed by atoms with Crippen LogP contribution in [0, 0.1) is 5.82 Å². The van der Waals surface area contributed by atoms with Gasteiger partial charge in [0.25, 0.3) is 0 Å². The van der Waals surface area contributed by atoms with Gasteiger partial charge in [-0.2, -0.15) is 0 Å². The van der Waals surface area contributed by atoms with E-state index in [4.69, 9.17) is 0 Å². The van der Waals surface area contributed by atoms with E-state index in [1.165, 1.54) is 18.7 Å². The minimum atomic E-state index is -0.316. The monoisotopic (exact) mass is 326 g/mol. The third-order valence-electron chi connectivity index (χ3n) is 4.52. The summed E-state index contributed by atoms with van der Waals surface area (Å²) in [4.78, 5) is 15.5. The molecular weight excluding hydrogens is 307 g/mol. The molecule has 0 aliphatic carbocycles. The van der Waals surface area contributed by atoms with Crippen LogP contribution in [0.15, 0.2) is 36.8 Å². The van der Waals surface area contributed by atoms with E-state index in [2.05, 4.69) is 32.2 Å². The Bertz CT molecular complexity index is 855. The molecule has 1 saturated heterocycles. The second kappa shape index (κ2) is 6.16. The fraction of sp³-hybridized carbons (Fsp3) is 0.353. The van der Waals surface area contributed by atoms with Gasteiger partial charge < -0.3 is 10.2 Å². The molecule has 124 valence electrons. The van der Waals surface area contributed by atoms with Crippen LogP contribution in [0.3, 0.4) is 0 Å². The summed E-state index contributed by atoms with van der Waals surface area (Å²) < 4.78 is 15.2. The van der Waals surface area contributed by atoms with Gasteiger partial charge in [-0.25, -0.2) is 19.3 Å². The molecule has 0 aromatic carbocycles. The minimum Gasteiger partial charge on any atom is -0.355 e. The van der Waals surface area contributed by atoms with Crippen LogP contribution in [-0.4, -0.2) is 45.5 Å². The zero-order chi connectivity index (χ0) is 16.5.